The summed E-state index contributed by atoms with van der Waals surface area (Å²) in [6, 6.07) is 0. The zero-order valence-corrected chi connectivity index (χ0v) is 7.89. The molecule has 0 saturated carbocycles. The molecule has 1 rings (SSSR count). The van der Waals surface area contributed by atoms with Crippen molar-refractivity contribution in [3.63, 3.8) is 0 Å². The Morgan fingerprint density at radius 3 is 2.83 bits per heavy atom. The van der Waals surface area contributed by atoms with Crippen molar-refractivity contribution in [2.24, 2.45) is 5.73 Å². The molecule has 12 heavy (non-hydrogen) atoms. The molecule has 0 aliphatic heterocycles. The van der Waals surface area contributed by atoms with E-state index in [0.29, 0.717) is 5.01 Å². The van der Waals surface area contributed by atoms with Gasteiger partial charge in [0.15, 0.2) is 5.01 Å². The second kappa shape index (κ2) is 3.64. The maximum Gasteiger partial charge on any atom is 0.277 e. The molecule has 4 nitrogen and oxygen atoms in total. The third kappa shape index (κ3) is 2.28. The van der Waals surface area contributed by atoms with Gasteiger partial charge in [-0.3, -0.25) is 4.79 Å². The lowest BCUT2D eigenvalue weighted by Gasteiger charge is -2.05. The highest BCUT2D eigenvalue weighted by atomic mass is 32.1. The summed E-state index contributed by atoms with van der Waals surface area (Å²) >= 11 is 1.34. The minimum Gasteiger partial charge on any atom is -0.364 e. The van der Waals surface area contributed by atoms with Crippen LogP contribution in [0.3, 0.4) is 0 Å². The van der Waals surface area contributed by atoms with Crippen LogP contribution in [0.2, 0.25) is 0 Å². The summed E-state index contributed by atoms with van der Waals surface area (Å²) in [4.78, 5) is 17.6. The van der Waals surface area contributed by atoms with Gasteiger partial charge < -0.3 is 10.6 Å². The third-order valence-electron chi connectivity index (χ3n) is 1.24. The summed E-state index contributed by atoms with van der Waals surface area (Å²) in [5.74, 6) is -0.454. The number of amides is 1. The van der Waals surface area contributed by atoms with Crippen molar-refractivity contribution < 1.29 is 4.79 Å². The highest BCUT2D eigenvalue weighted by molar-refractivity contribution is 7.13. The van der Waals surface area contributed by atoms with Crippen LogP contribution in [-0.4, -0.2) is 29.9 Å². The van der Waals surface area contributed by atoms with Gasteiger partial charge in [-0.05, 0) is 14.1 Å². The van der Waals surface area contributed by atoms with Crippen LogP contribution in [0.5, 0.6) is 0 Å². The lowest BCUT2D eigenvalue weighted by molar-refractivity contribution is 0.1000. The van der Waals surface area contributed by atoms with E-state index in [1.165, 1.54) is 11.3 Å². The van der Waals surface area contributed by atoms with Crippen molar-refractivity contribution >= 4 is 17.2 Å². The van der Waals surface area contributed by atoms with E-state index in [1.54, 1.807) is 6.20 Å². The number of thiazole rings is 1. The van der Waals surface area contributed by atoms with Crippen LogP contribution in [-0.2, 0) is 6.54 Å². The van der Waals surface area contributed by atoms with Crippen molar-refractivity contribution in [2.75, 3.05) is 14.1 Å². The molecule has 1 heterocycles. The van der Waals surface area contributed by atoms with Gasteiger partial charge in [-0.1, -0.05) is 0 Å². The average Bonchev–Trinajstić information content (AvgIpc) is 2.34. The van der Waals surface area contributed by atoms with Gasteiger partial charge >= 0.3 is 0 Å². The van der Waals surface area contributed by atoms with Crippen molar-refractivity contribution in [1.82, 2.24) is 9.88 Å². The van der Waals surface area contributed by atoms with Gasteiger partial charge in [0.1, 0.15) is 0 Å². The first-order chi connectivity index (χ1) is 5.59. The number of nitrogens with two attached hydrogens (primary N) is 1. The Labute approximate surface area is 75.0 Å². The maximum atomic E-state index is 10.7. The Hall–Kier alpha value is -0.940. The van der Waals surface area contributed by atoms with Crippen molar-refractivity contribution in [3.05, 3.63) is 16.1 Å². The molecule has 0 saturated heterocycles. The monoisotopic (exact) mass is 185 g/mol. The van der Waals surface area contributed by atoms with E-state index in [1.807, 2.05) is 19.0 Å². The summed E-state index contributed by atoms with van der Waals surface area (Å²) in [6.07, 6.45) is 1.69. The second-order valence-electron chi connectivity index (χ2n) is 2.73. The number of nitrogens with zero attached hydrogens (tertiary/aromatic N) is 2. The first kappa shape index (κ1) is 9.15. The molecule has 0 atom stereocenters. The lowest BCUT2D eigenvalue weighted by Crippen LogP contribution is -2.10. The SMILES string of the molecule is CN(C)Cc1cnc(C(N)=O)s1. The van der Waals surface area contributed by atoms with Crippen LogP contribution in [0.15, 0.2) is 6.20 Å². The molecule has 0 radical (unpaired) electrons. The number of carbonyl (C=O) groups excluding carboxylic acids is 1. The standard InChI is InChI=1S/C7H11N3OS/c1-10(2)4-5-3-9-7(12-5)6(8)11/h3H,4H2,1-2H3,(H2,8,11). The summed E-state index contributed by atoms with van der Waals surface area (Å²) in [5.41, 5.74) is 5.05. The predicted molar refractivity (Wildman–Crippen MR) is 48.0 cm³/mol. The number of rotatable bonds is 3. The van der Waals surface area contributed by atoms with Gasteiger partial charge in [0, 0.05) is 17.6 Å². The molecule has 1 amide bonds. The fourth-order valence-electron chi connectivity index (χ4n) is 0.806. The summed E-state index contributed by atoms with van der Waals surface area (Å²) < 4.78 is 0. The third-order valence-corrected chi connectivity index (χ3v) is 2.23. The Morgan fingerprint density at radius 1 is 1.75 bits per heavy atom. The fraction of sp³-hybridized carbons (Fsp3) is 0.429. The predicted octanol–water partition coefficient (Wildman–Crippen LogP) is 0.304. The molecule has 1 aromatic heterocycles. The van der Waals surface area contributed by atoms with Gasteiger partial charge in [-0.25, -0.2) is 4.98 Å². The van der Waals surface area contributed by atoms with Gasteiger partial charge in [0.25, 0.3) is 5.91 Å². The van der Waals surface area contributed by atoms with Gasteiger partial charge in [0.2, 0.25) is 0 Å². The van der Waals surface area contributed by atoms with Crippen molar-refractivity contribution in [1.29, 1.82) is 0 Å². The molecule has 1 aromatic rings. The van der Waals surface area contributed by atoms with E-state index < -0.39 is 5.91 Å². The van der Waals surface area contributed by atoms with Crippen molar-refractivity contribution in [3.8, 4) is 0 Å². The van der Waals surface area contributed by atoms with Crippen molar-refractivity contribution in [2.45, 2.75) is 6.54 Å². The molecule has 0 aromatic carbocycles. The minimum absolute atomic E-state index is 0.381. The number of carbonyl (C=O) groups is 1. The zero-order chi connectivity index (χ0) is 9.14. The Balaban J connectivity index is 2.71. The van der Waals surface area contributed by atoms with E-state index in [2.05, 4.69) is 4.98 Å². The van der Waals surface area contributed by atoms with Gasteiger partial charge in [-0.15, -0.1) is 11.3 Å². The molecule has 0 aliphatic carbocycles. The quantitative estimate of drug-likeness (QED) is 0.737. The molecule has 0 fully saturated rings. The molecular weight excluding hydrogens is 174 g/mol. The molecule has 0 unspecified atom stereocenters. The number of hydrogen-bond acceptors (Lipinski definition) is 4. The Kier molecular flexibility index (Phi) is 2.78. The van der Waals surface area contributed by atoms with E-state index in [9.17, 15) is 4.79 Å². The fourth-order valence-corrected chi connectivity index (χ4v) is 1.69. The van der Waals surface area contributed by atoms with Crippen LogP contribution >= 0.6 is 11.3 Å². The van der Waals surface area contributed by atoms with Crippen LogP contribution in [0.4, 0.5) is 0 Å². The minimum atomic E-state index is -0.454. The highest BCUT2D eigenvalue weighted by Gasteiger charge is 2.06. The van der Waals surface area contributed by atoms with Crippen LogP contribution in [0.1, 0.15) is 14.7 Å². The lowest BCUT2D eigenvalue weighted by atomic mass is 10.5. The Morgan fingerprint density at radius 2 is 2.42 bits per heavy atom. The number of primary amides is 1. The first-order valence-electron chi connectivity index (χ1n) is 3.49. The molecule has 0 bridgehead atoms. The molecule has 5 heteroatoms. The van der Waals surface area contributed by atoms with Crippen LogP contribution in [0.25, 0.3) is 0 Å². The van der Waals surface area contributed by atoms with Crippen LogP contribution < -0.4 is 5.73 Å². The first-order valence-corrected chi connectivity index (χ1v) is 4.30. The van der Waals surface area contributed by atoms with E-state index in [-0.39, 0.29) is 0 Å². The second-order valence-corrected chi connectivity index (χ2v) is 3.85. The average molecular weight is 185 g/mol. The maximum absolute atomic E-state index is 10.7. The molecule has 0 spiro atoms. The summed E-state index contributed by atoms with van der Waals surface area (Å²) in [6.45, 7) is 0.797. The summed E-state index contributed by atoms with van der Waals surface area (Å²) in [7, 11) is 3.92. The Bertz CT molecular complexity index is 282. The smallest absolute Gasteiger partial charge is 0.277 e. The molecule has 2 N–H and O–H groups in total. The molecule has 0 aliphatic rings. The highest BCUT2D eigenvalue weighted by Crippen LogP contribution is 2.13. The number of hydrogen-bond donors (Lipinski definition) is 1. The molecule has 66 valence electrons. The van der Waals surface area contributed by atoms with E-state index in [4.69, 9.17) is 5.73 Å². The molecular formula is C7H11N3OS. The summed E-state index contributed by atoms with van der Waals surface area (Å²) in [5, 5.41) is 0.381. The number of aromatic nitrogens is 1. The topological polar surface area (TPSA) is 59.2 Å². The van der Waals surface area contributed by atoms with Gasteiger partial charge in [0.05, 0.1) is 0 Å². The van der Waals surface area contributed by atoms with Gasteiger partial charge in [-0.2, -0.15) is 0 Å². The zero-order valence-electron chi connectivity index (χ0n) is 7.07. The van der Waals surface area contributed by atoms with E-state index >= 15 is 0 Å². The normalized spacial score (nSPS) is 10.6. The largest absolute Gasteiger partial charge is 0.364 e. The van der Waals surface area contributed by atoms with E-state index in [0.717, 1.165) is 11.4 Å². The van der Waals surface area contributed by atoms with Crippen LogP contribution in [0, 0.1) is 0 Å².